The summed E-state index contributed by atoms with van der Waals surface area (Å²) in [6, 6.07) is 11.1. The quantitative estimate of drug-likeness (QED) is 0.443. The topological polar surface area (TPSA) is 104 Å². The number of carbonyl (C=O) groups is 2. The highest BCUT2D eigenvalue weighted by atomic mass is 16.5. The van der Waals surface area contributed by atoms with Crippen LogP contribution in [0.4, 0.5) is 0 Å². The Morgan fingerprint density at radius 3 is 2.56 bits per heavy atom. The van der Waals surface area contributed by atoms with Crippen molar-refractivity contribution in [1.82, 2.24) is 5.32 Å². The largest absolute Gasteiger partial charge is 0.493 e. The van der Waals surface area contributed by atoms with Gasteiger partial charge in [-0.15, -0.1) is 0 Å². The molecule has 2 aliphatic rings. The molecule has 2 atom stereocenters. The lowest BCUT2D eigenvalue weighted by atomic mass is 9.72. The first-order valence-corrected chi connectivity index (χ1v) is 12.9. The lowest BCUT2D eigenvalue weighted by Gasteiger charge is -2.36. The number of benzene rings is 2. The van der Waals surface area contributed by atoms with Crippen LogP contribution in [-0.4, -0.2) is 32.6 Å². The molecule has 0 amide bonds. The van der Waals surface area contributed by atoms with Crippen molar-refractivity contribution in [3.05, 3.63) is 92.1 Å². The van der Waals surface area contributed by atoms with Crippen molar-refractivity contribution in [1.29, 1.82) is 0 Å². The van der Waals surface area contributed by atoms with Gasteiger partial charge in [0.15, 0.2) is 22.7 Å². The van der Waals surface area contributed by atoms with Gasteiger partial charge in [0.1, 0.15) is 5.58 Å². The van der Waals surface area contributed by atoms with Crippen LogP contribution in [0.2, 0.25) is 0 Å². The summed E-state index contributed by atoms with van der Waals surface area (Å²) < 4.78 is 22.1. The van der Waals surface area contributed by atoms with Crippen LogP contribution in [0.15, 0.2) is 74.4 Å². The molecule has 39 heavy (non-hydrogen) atoms. The summed E-state index contributed by atoms with van der Waals surface area (Å²) in [5, 5.41) is 3.69. The van der Waals surface area contributed by atoms with Gasteiger partial charge in [0.2, 0.25) is 0 Å². The number of allylic oxidation sites excluding steroid dienone is 3. The van der Waals surface area contributed by atoms with Crippen LogP contribution in [0, 0.1) is 6.92 Å². The normalized spacial score (nSPS) is 19.1. The number of esters is 1. The molecule has 3 aromatic rings. The fourth-order valence-corrected chi connectivity index (χ4v) is 5.64. The van der Waals surface area contributed by atoms with Crippen molar-refractivity contribution in [3.8, 4) is 11.5 Å². The van der Waals surface area contributed by atoms with Crippen LogP contribution < -0.4 is 20.2 Å². The van der Waals surface area contributed by atoms with E-state index in [1.165, 1.54) is 13.4 Å². The van der Waals surface area contributed by atoms with Crippen molar-refractivity contribution in [2.45, 2.75) is 45.4 Å². The van der Waals surface area contributed by atoms with Crippen molar-refractivity contribution in [3.63, 3.8) is 0 Å². The third-order valence-electron chi connectivity index (χ3n) is 7.46. The molecule has 0 bridgehead atoms. The molecule has 1 aliphatic carbocycles. The number of dihydropyridines is 1. The van der Waals surface area contributed by atoms with E-state index in [0.29, 0.717) is 52.5 Å². The van der Waals surface area contributed by atoms with Gasteiger partial charge >= 0.3 is 5.97 Å². The third kappa shape index (κ3) is 4.60. The van der Waals surface area contributed by atoms with Crippen molar-refractivity contribution in [2.24, 2.45) is 0 Å². The molecule has 1 N–H and O–H groups in total. The number of rotatable bonds is 6. The number of aryl methyl sites for hydroxylation is 1. The van der Waals surface area contributed by atoms with Crippen LogP contribution in [-0.2, 0) is 14.3 Å². The Kier molecular flexibility index (Phi) is 7.04. The second kappa shape index (κ2) is 10.4. The van der Waals surface area contributed by atoms with Gasteiger partial charge in [-0.3, -0.25) is 9.59 Å². The van der Waals surface area contributed by atoms with E-state index in [2.05, 4.69) is 5.32 Å². The average molecular weight is 530 g/mol. The van der Waals surface area contributed by atoms with Gasteiger partial charge in [-0.05, 0) is 62.9 Å². The van der Waals surface area contributed by atoms with E-state index >= 15 is 0 Å². The molecule has 1 aromatic heterocycles. The highest BCUT2D eigenvalue weighted by molar-refractivity contribution is 6.04. The minimum Gasteiger partial charge on any atom is -0.493 e. The lowest BCUT2D eigenvalue weighted by molar-refractivity contribution is -0.136. The van der Waals surface area contributed by atoms with E-state index in [1.54, 1.807) is 26.2 Å². The van der Waals surface area contributed by atoms with Crippen molar-refractivity contribution < 1.29 is 28.2 Å². The standard InChI is InChI=1S/C31H31NO7/c1-6-38-25-10-8-18(14-26(25)36-4)19-12-22-29(23(33)13-19)28(27(17(3)32-22)31(35)37-5)21-15-39-24-9-7-16(2)11-20(24)30(21)34/h7-11,14-15,19,28,32H,6,12-13H2,1-5H3/t19-,28+/m0/s1. The molecule has 0 saturated carbocycles. The Morgan fingerprint density at radius 1 is 1.05 bits per heavy atom. The second-order valence-electron chi connectivity index (χ2n) is 9.87. The van der Waals surface area contributed by atoms with Gasteiger partial charge in [0.25, 0.3) is 0 Å². The number of nitrogens with one attached hydrogen (secondary N) is 1. The average Bonchev–Trinajstić information content (AvgIpc) is 2.92. The molecule has 1 aliphatic heterocycles. The van der Waals surface area contributed by atoms with Crippen LogP contribution in [0.5, 0.6) is 11.5 Å². The smallest absolute Gasteiger partial charge is 0.336 e. The highest BCUT2D eigenvalue weighted by Gasteiger charge is 2.42. The Hall–Kier alpha value is -4.33. The maximum absolute atomic E-state index is 13.9. The molecule has 8 nitrogen and oxygen atoms in total. The Labute approximate surface area is 226 Å². The Balaban J connectivity index is 1.63. The molecule has 8 heteroatoms. The fourth-order valence-electron chi connectivity index (χ4n) is 5.64. The number of ketones is 1. The van der Waals surface area contributed by atoms with Gasteiger partial charge in [0.05, 0.1) is 44.0 Å². The van der Waals surface area contributed by atoms with Gasteiger partial charge in [-0.1, -0.05) is 17.7 Å². The summed E-state index contributed by atoms with van der Waals surface area (Å²) in [7, 11) is 2.87. The highest BCUT2D eigenvalue weighted by Crippen LogP contribution is 2.46. The third-order valence-corrected chi connectivity index (χ3v) is 7.46. The SMILES string of the molecule is CCOc1ccc([C@@H]2CC(=O)C3=C(C2)NC(C)=C(C(=O)OC)[C@H]3c2coc3ccc(C)cc3c2=O)cc1OC. The molecule has 0 saturated heterocycles. The molecule has 0 spiro atoms. The molecule has 5 rings (SSSR count). The van der Waals surface area contributed by atoms with Crippen LogP contribution in [0.25, 0.3) is 11.0 Å². The lowest BCUT2D eigenvalue weighted by Crippen LogP contribution is -2.37. The maximum Gasteiger partial charge on any atom is 0.336 e. The number of methoxy groups -OCH3 is 2. The Morgan fingerprint density at radius 2 is 1.85 bits per heavy atom. The first kappa shape index (κ1) is 26.3. The minimum absolute atomic E-state index is 0.128. The molecule has 0 unspecified atom stereocenters. The minimum atomic E-state index is -0.904. The number of fused-ring (bicyclic) bond motifs is 1. The predicted octanol–water partition coefficient (Wildman–Crippen LogP) is 5.04. The van der Waals surface area contributed by atoms with E-state index in [1.807, 2.05) is 38.1 Å². The monoisotopic (exact) mass is 529 g/mol. The molecule has 2 heterocycles. The van der Waals surface area contributed by atoms with E-state index in [0.717, 1.165) is 11.1 Å². The number of ether oxygens (including phenoxy) is 3. The zero-order valence-corrected chi connectivity index (χ0v) is 22.7. The molecule has 0 fully saturated rings. The van der Waals surface area contributed by atoms with Gasteiger partial charge in [-0.25, -0.2) is 4.79 Å². The fraction of sp³-hybridized carbons (Fsp3) is 0.323. The van der Waals surface area contributed by atoms with Crippen LogP contribution >= 0.6 is 0 Å². The van der Waals surface area contributed by atoms with Crippen LogP contribution in [0.1, 0.15) is 55.2 Å². The van der Waals surface area contributed by atoms with E-state index in [9.17, 15) is 14.4 Å². The van der Waals surface area contributed by atoms with Crippen LogP contribution in [0.3, 0.4) is 0 Å². The zero-order valence-electron chi connectivity index (χ0n) is 22.7. The summed E-state index contributed by atoms with van der Waals surface area (Å²) >= 11 is 0. The summed E-state index contributed by atoms with van der Waals surface area (Å²) in [4.78, 5) is 40.6. The molecular formula is C31H31NO7. The number of Topliss-reactive ketones (excluding diaryl/α,β-unsaturated/α-hetero) is 1. The van der Waals surface area contributed by atoms with Crippen molar-refractivity contribution in [2.75, 3.05) is 20.8 Å². The molecular weight excluding hydrogens is 498 g/mol. The van der Waals surface area contributed by atoms with E-state index in [4.69, 9.17) is 18.6 Å². The molecule has 0 radical (unpaired) electrons. The van der Waals surface area contributed by atoms with Gasteiger partial charge in [0, 0.05) is 29.0 Å². The Bertz CT molecular complexity index is 1610. The number of hydrogen-bond donors (Lipinski definition) is 1. The summed E-state index contributed by atoms with van der Waals surface area (Å²) in [5.41, 5.74) is 4.08. The number of hydrogen-bond acceptors (Lipinski definition) is 8. The van der Waals surface area contributed by atoms with E-state index < -0.39 is 11.9 Å². The summed E-state index contributed by atoms with van der Waals surface area (Å²) in [6.45, 7) is 6.06. The number of carbonyl (C=O) groups excluding carboxylic acids is 2. The first-order chi connectivity index (χ1) is 18.8. The first-order valence-electron chi connectivity index (χ1n) is 12.9. The van der Waals surface area contributed by atoms with E-state index in [-0.39, 0.29) is 34.7 Å². The van der Waals surface area contributed by atoms with Crippen molar-refractivity contribution >= 4 is 22.7 Å². The van der Waals surface area contributed by atoms with Gasteiger partial charge < -0.3 is 23.9 Å². The predicted molar refractivity (Wildman–Crippen MR) is 146 cm³/mol. The molecule has 202 valence electrons. The summed E-state index contributed by atoms with van der Waals surface area (Å²) in [6.07, 6.45) is 2.09. The maximum atomic E-state index is 13.9. The zero-order chi connectivity index (χ0) is 27.8. The molecule has 2 aromatic carbocycles. The van der Waals surface area contributed by atoms with Gasteiger partial charge in [-0.2, -0.15) is 0 Å². The summed E-state index contributed by atoms with van der Waals surface area (Å²) in [5.74, 6) is -0.545. The second-order valence-corrected chi connectivity index (χ2v) is 9.87.